The molecule has 0 saturated heterocycles. The van der Waals surface area contributed by atoms with Crippen molar-refractivity contribution in [3.8, 4) is 17.2 Å². The van der Waals surface area contributed by atoms with Crippen molar-refractivity contribution < 1.29 is 19.0 Å². The van der Waals surface area contributed by atoms with Gasteiger partial charge in [-0.2, -0.15) is 0 Å². The summed E-state index contributed by atoms with van der Waals surface area (Å²) in [5.74, 6) is 2.49. The third-order valence-electron chi connectivity index (χ3n) is 4.43. The summed E-state index contributed by atoms with van der Waals surface area (Å²) in [6.45, 7) is 8.40. The predicted molar refractivity (Wildman–Crippen MR) is 104 cm³/mol. The van der Waals surface area contributed by atoms with Gasteiger partial charge in [-0.1, -0.05) is 32.0 Å². The smallest absolute Gasteiger partial charge is 0.227 e. The number of hydrogen-bond donors (Lipinski definition) is 1. The lowest BCUT2D eigenvalue weighted by molar-refractivity contribution is -0.122. The van der Waals surface area contributed by atoms with Crippen molar-refractivity contribution in [3.05, 3.63) is 53.6 Å². The summed E-state index contributed by atoms with van der Waals surface area (Å²) in [7, 11) is 0. The summed E-state index contributed by atoms with van der Waals surface area (Å²) in [6.07, 6.45) is 0. The summed E-state index contributed by atoms with van der Waals surface area (Å²) >= 11 is 0. The van der Waals surface area contributed by atoms with E-state index in [9.17, 15) is 4.79 Å². The van der Waals surface area contributed by atoms with Crippen LogP contribution in [0.15, 0.2) is 42.5 Å². The van der Waals surface area contributed by atoms with E-state index >= 15 is 0 Å². The Labute approximate surface area is 160 Å². The Hall–Kier alpha value is -2.69. The van der Waals surface area contributed by atoms with Crippen LogP contribution < -0.4 is 19.5 Å². The second-order valence-corrected chi connectivity index (χ2v) is 7.19. The van der Waals surface area contributed by atoms with Gasteiger partial charge in [-0.05, 0) is 48.2 Å². The molecule has 5 nitrogen and oxygen atoms in total. The Morgan fingerprint density at radius 1 is 1.04 bits per heavy atom. The minimum absolute atomic E-state index is 0.0215. The average Bonchev–Trinajstić information content (AvgIpc) is 2.70. The highest BCUT2D eigenvalue weighted by Crippen LogP contribution is 2.33. The van der Waals surface area contributed by atoms with Crippen molar-refractivity contribution in [1.29, 1.82) is 0 Å². The Balaban J connectivity index is 1.54. The molecule has 0 aromatic heterocycles. The number of carbonyl (C=O) groups excluding carboxylic acids is 1. The summed E-state index contributed by atoms with van der Waals surface area (Å²) in [4.78, 5) is 12.5. The van der Waals surface area contributed by atoms with E-state index < -0.39 is 0 Å². The molecule has 1 heterocycles. The summed E-state index contributed by atoms with van der Waals surface area (Å²) in [5, 5.41) is 3.00. The topological polar surface area (TPSA) is 56.8 Å². The molecule has 1 aliphatic rings. The fourth-order valence-electron chi connectivity index (χ4n) is 2.79. The van der Waals surface area contributed by atoms with Gasteiger partial charge >= 0.3 is 0 Å². The second-order valence-electron chi connectivity index (χ2n) is 7.19. The van der Waals surface area contributed by atoms with E-state index in [-0.39, 0.29) is 11.8 Å². The molecule has 144 valence electrons. The maximum Gasteiger partial charge on any atom is 0.227 e. The van der Waals surface area contributed by atoms with Gasteiger partial charge in [0.1, 0.15) is 19.0 Å². The number of amides is 1. The van der Waals surface area contributed by atoms with Gasteiger partial charge in [0.25, 0.3) is 0 Å². The molecule has 27 heavy (non-hydrogen) atoms. The van der Waals surface area contributed by atoms with Crippen LogP contribution >= 0.6 is 0 Å². The number of carbonyl (C=O) groups is 1. The van der Waals surface area contributed by atoms with Gasteiger partial charge in [-0.15, -0.1) is 0 Å². The lowest BCUT2D eigenvalue weighted by Crippen LogP contribution is -2.27. The van der Waals surface area contributed by atoms with E-state index in [1.165, 1.54) is 0 Å². The summed E-state index contributed by atoms with van der Waals surface area (Å²) < 4.78 is 16.8. The van der Waals surface area contributed by atoms with Crippen LogP contribution in [0.25, 0.3) is 0 Å². The van der Waals surface area contributed by atoms with Crippen molar-refractivity contribution in [3.63, 3.8) is 0 Å². The highest BCUT2D eigenvalue weighted by molar-refractivity contribution is 5.83. The van der Waals surface area contributed by atoms with E-state index in [2.05, 4.69) is 19.2 Å². The number of fused-ring (bicyclic) bond motifs is 1. The van der Waals surface area contributed by atoms with Gasteiger partial charge < -0.3 is 19.5 Å². The lowest BCUT2D eigenvalue weighted by Gasteiger charge is -2.20. The minimum atomic E-state index is -0.269. The van der Waals surface area contributed by atoms with Gasteiger partial charge in [-0.25, -0.2) is 0 Å². The first-order valence-electron chi connectivity index (χ1n) is 9.42. The van der Waals surface area contributed by atoms with E-state index in [1.54, 1.807) is 0 Å². The average molecular weight is 369 g/mol. The number of hydrogen-bond acceptors (Lipinski definition) is 4. The molecule has 1 aliphatic heterocycles. The quantitative estimate of drug-likeness (QED) is 0.804. The summed E-state index contributed by atoms with van der Waals surface area (Å²) in [6, 6.07) is 13.5. The van der Waals surface area contributed by atoms with Crippen LogP contribution in [0.1, 0.15) is 37.8 Å². The molecule has 2 aromatic carbocycles. The number of rotatable bonds is 7. The van der Waals surface area contributed by atoms with Crippen LogP contribution in [-0.4, -0.2) is 25.7 Å². The SMILES string of the molecule is CC(C)COc1ccc(CNC(=O)C(C)c2ccc3c(c2)OCCO3)cc1. The number of nitrogens with one attached hydrogen (secondary N) is 1. The van der Waals surface area contributed by atoms with Crippen LogP contribution in [0.5, 0.6) is 17.2 Å². The molecule has 1 N–H and O–H groups in total. The molecule has 0 bridgehead atoms. The monoisotopic (exact) mass is 369 g/mol. The first-order chi connectivity index (χ1) is 13.0. The zero-order chi connectivity index (χ0) is 19.2. The fraction of sp³-hybridized carbons (Fsp3) is 0.409. The van der Waals surface area contributed by atoms with Gasteiger partial charge in [0.2, 0.25) is 5.91 Å². The molecular formula is C22H27NO4. The van der Waals surface area contributed by atoms with Gasteiger partial charge in [-0.3, -0.25) is 4.79 Å². The fourth-order valence-corrected chi connectivity index (χ4v) is 2.79. The summed E-state index contributed by atoms with van der Waals surface area (Å²) in [5.41, 5.74) is 1.95. The van der Waals surface area contributed by atoms with Crippen LogP contribution in [0.4, 0.5) is 0 Å². The highest BCUT2D eigenvalue weighted by Gasteiger charge is 2.19. The zero-order valence-electron chi connectivity index (χ0n) is 16.2. The predicted octanol–water partition coefficient (Wildman–Crippen LogP) is 3.91. The van der Waals surface area contributed by atoms with Crippen LogP contribution in [-0.2, 0) is 11.3 Å². The van der Waals surface area contributed by atoms with E-state index in [1.807, 2.05) is 49.4 Å². The van der Waals surface area contributed by atoms with Crippen molar-refractivity contribution in [2.75, 3.05) is 19.8 Å². The second kappa shape index (κ2) is 8.80. The van der Waals surface area contributed by atoms with E-state index in [0.29, 0.717) is 38.0 Å². The van der Waals surface area contributed by atoms with Crippen LogP contribution in [0, 0.1) is 5.92 Å². The molecule has 0 spiro atoms. The van der Waals surface area contributed by atoms with Gasteiger partial charge in [0.05, 0.1) is 12.5 Å². The molecule has 3 rings (SSSR count). The molecular weight excluding hydrogens is 342 g/mol. The number of benzene rings is 2. The van der Waals surface area contributed by atoms with Gasteiger partial charge in [0.15, 0.2) is 11.5 Å². The minimum Gasteiger partial charge on any atom is -0.493 e. The first kappa shape index (κ1) is 19.1. The molecule has 0 radical (unpaired) electrons. The molecule has 1 atom stereocenters. The maximum atomic E-state index is 12.5. The Morgan fingerprint density at radius 2 is 1.74 bits per heavy atom. The van der Waals surface area contributed by atoms with Crippen molar-refractivity contribution >= 4 is 5.91 Å². The van der Waals surface area contributed by atoms with Crippen molar-refractivity contribution in [1.82, 2.24) is 5.32 Å². The molecule has 1 unspecified atom stereocenters. The third kappa shape index (κ3) is 5.16. The van der Waals surface area contributed by atoms with E-state index in [0.717, 1.165) is 22.6 Å². The molecule has 2 aromatic rings. The van der Waals surface area contributed by atoms with E-state index in [4.69, 9.17) is 14.2 Å². The van der Waals surface area contributed by atoms with Crippen LogP contribution in [0.3, 0.4) is 0 Å². The normalized spacial score (nSPS) is 13.9. The first-order valence-corrected chi connectivity index (χ1v) is 9.42. The van der Waals surface area contributed by atoms with Crippen molar-refractivity contribution in [2.24, 2.45) is 5.92 Å². The molecule has 0 fully saturated rings. The maximum absolute atomic E-state index is 12.5. The van der Waals surface area contributed by atoms with Gasteiger partial charge in [0, 0.05) is 6.54 Å². The number of ether oxygens (including phenoxy) is 3. The third-order valence-corrected chi connectivity index (χ3v) is 4.43. The molecule has 1 amide bonds. The zero-order valence-corrected chi connectivity index (χ0v) is 16.2. The Morgan fingerprint density at radius 3 is 2.44 bits per heavy atom. The Kier molecular flexibility index (Phi) is 6.22. The standard InChI is InChI=1S/C22H27NO4/c1-15(2)14-27-19-7-4-17(5-8-19)13-23-22(24)16(3)18-6-9-20-21(12-18)26-11-10-25-20/h4-9,12,15-16H,10-11,13-14H2,1-3H3,(H,23,24). The largest absolute Gasteiger partial charge is 0.493 e. The van der Waals surface area contributed by atoms with Crippen molar-refractivity contribution in [2.45, 2.75) is 33.2 Å². The molecule has 5 heteroatoms. The van der Waals surface area contributed by atoms with Crippen LogP contribution in [0.2, 0.25) is 0 Å². The lowest BCUT2D eigenvalue weighted by atomic mass is 9.99. The highest BCUT2D eigenvalue weighted by atomic mass is 16.6. The Bertz CT molecular complexity index is 770. The molecule has 0 aliphatic carbocycles. The molecule has 0 saturated carbocycles.